The Kier molecular flexibility index (Phi) is 4.72. The van der Waals surface area contributed by atoms with Crippen LogP contribution in [0.5, 0.6) is 5.75 Å². The molecule has 4 rings (SSSR count). The van der Waals surface area contributed by atoms with Crippen LogP contribution in [0.1, 0.15) is 34.5 Å². The van der Waals surface area contributed by atoms with Crippen molar-refractivity contribution < 1.29 is 24.2 Å². The number of benzene rings is 2. The first-order chi connectivity index (χ1) is 13.4. The van der Waals surface area contributed by atoms with Crippen LogP contribution in [0.3, 0.4) is 0 Å². The molecule has 0 radical (unpaired) electrons. The average molecular weight is 398 g/mol. The minimum Gasteiger partial charge on any atom is -0.493 e. The van der Waals surface area contributed by atoms with Gasteiger partial charge in [-0.25, -0.2) is 4.79 Å². The predicted octanol–water partition coefficient (Wildman–Crippen LogP) is 2.61. The molecule has 8 heteroatoms. The second kappa shape index (κ2) is 7.20. The molecule has 3 N–H and O–H groups in total. The second-order valence-electron chi connectivity index (χ2n) is 6.67. The molecule has 2 aromatic carbocycles. The molecule has 2 aliphatic heterocycles. The summed E-state index contributed by atoms with van der Waals surface area (Å²) < 4.78 is 5.44. The molecule has 0 aliphatic carbocycles. The largest absolute Gasteiger partial charge is 0.493 e. The molecule has 2 amide bonds. The predicted molar refractivity (Wildman–Crippen MR) is 104 cm³/mol. The highest BCUT2D eigenvalue weighted by molar-refractivity contribution is 8.00. The maximum Gasteiger partial charge on any atom is 0.330 e. The highest BCUT2D eigenvalue weighted by Crippen LogP contribution is 2.36. The van der Waals surface area contributed by atoms with E-state index in [1.54, 1.807) is 36.4 Å². The van der Waals surface area contributed by atoms with E-state index in [-0.39, 0.29) is 16.7 Å². The van der Waals surface area contributed by atoms with Crippen LogP contribution in [-0.4, -0.2) is 34.7 Å². The van der Waals surface area contributed by atoms with Crippen molar-refractivity contribution in [2.75, 3.05) is 11.9 Å². The monoisotopic (exact) mass is 398 g/mol. The summed E-state index contributed by atoms with van der Waals surface area (Å²) >= 11 is 1.42. The summed E-state index contributed by atoms with van der Waals surface area (Å²) in [5.74, 6) is -1.05. The first kappa shape index (κ1) is 18.4. The van der Waals surface area contributed by atoms with Gasteiger partial charge in [0.25, 0.3) is 5.91 Å². The summed E-state index contributed by atoms with van der Waals surface area (Å²) in [5, 5.41) is 14.8. The Morgan fingerprint density at radius 2 is 2.11 bits per heavy atom. The maximum absolute atomic E-state index is 12.7. The van der Waals surface area contributed by atoms with Crippen molar-refractivity contribution in [3.63, 3.8) is 0 Å². The fraction of sp³-hybridized carbons (Fsp3) is 0.250. The van der Waals surface area contributed by atoms with Crippen LogP contribution in [0.15, 0.2) is 41.3 Å². The number of aliphatic carboxylic acids is 1. The number of amides is 2. The lowest BCUT2D eigenvalue weighted by molar-refractivity contribution is -0.139. The van der Waals surface area contributed by atoms with Gasteiger partial charge in [0.05, 0.1) is 17.5 Å². The highest BCUT2D eigenvalue weighted by atomic mass is 32.2. The van der Waals surface area contributed by atoms with Gasteiger partial charge >= 0.3 is 5.97 Å². The Morgan fingerprint density at radius 3 is 2.89 bits per heavy atom. The Hall–Kier alpha value is -3.00. The standard InChI is InChI=1S/C20H18N2O5S/c1-10-18(23)21-14-9-13(3-5-16(14)28-10)19(24)22-17(20(25)26)12-2-4-15-11(8-12)6-7-27-15/h2-5,8-10,17H,6-7H2,1H3,(H,21,23)(H,22,24)(H,25,26). The highest BCUT2D eigenvalue weighted by Gasteiger charge is 2.27. The van der Waals surface area contributed by atoms with E-state index in [4.69, 9.17) is 4.74 Å². The smallest absolute Gasteiger partial charge is 0.330 e. The third-order valence-corrected chi connectivity index (χ3v) is 5.92. The molecule has 2 unspecified atom stereocenters. The van der Waals surface area contributed by atoms with E-state index in [0.717, 1.165) is 16.2 Å². The number of thioether (sulfide) groups is 1. The molecule has 2 aliphatic rings. The number of hydrogen-bond donors (Lipinski definition) is 3. The van der Waals surface area contributed by atoms with Crippen molar-refractivity contribution in [3.8, 4) is 5.75 Å². The average Bonchev–Trinajstić information content (AvgIpc) is 3.14. The quantitative estimate of drug-likeness (QED) is 0.731. The molecular formula is C20H18N2O5S. The van der Waals surface area contributed by atoms with E-state index in [9.17, 15) is 19.5 Å². The topological polar surface area (TPSA) is 105 Å². The van der Waals surface area contributed by atoms with E-state index >= 15 is 0 Å². The van der Waals surface area contributed by atoms with Gasteiger partial charge in [-0.05, 0) is 48.4 Å². The normalized spacial score (nSPS) is 18.3. The Morgan fingerprint density at radius 1 is 1.29 bits per heavy atom. The van der Waals surface area contributed by atoms with Crippen LogP contribution >= 0.6 is 11.8 Å². The van der Waals surface area contributed by atoms with Gasteiger partial charge in [0.15, 0.2) is 6.04 Å². The van der Waals surface area contributed by atoms with Crippen molar-refractivity contribution in [1.29, 1.82) is 0 Å². The summed E-state index contributed by atoms with van der Waals surface area (Å²) in [4.78, 5) is 37.2. The van der Waals surface area contributed by atoms with E-state index in [1.807, 2.05) is 6.92 Å². The van der Waals surface area contributed by atoms with Crippen LogP contribution in [0, 0.1) is 0 Å². The molecular weight excluding hydrogens is 380 g/mol. The number of rotatable bonds is 4. The van der Waals surface area contributed by atoms with Gasteiger partial charge in [0.1, 0.15) is 5.75 Å². The fourth-order valence-electron chi connectivity index (χ4n) is 3.24. The van der Waals surface area contributed by atoms with Gasteiger partial charge < -0.3 is 20.5 Å². The summed E-state index contributed by atoms with van der Waals surface area (Å²) in [6, 6.07) is 8.90. The summed E-state index contributed by atoms with van der Waals surface area (Å²) in [6.45, 7) is 2.38. The molecule has 28 heavy (non-hydrogen) atoms. The number of nitrogens with one attached hydrogen (secondary N) is 2. The van der Waals surface area contributed by atoms with Crippen molar-refractivity contribution >= 4 is 35.2 Å². The third kappa shape index (κ3) is 3.43. The first-order valence-electron chi connectivity index (χ1n) is 8.83. The van der Waals surface area contributed by atoms with E-state index < -0.39 is 17.9 Å². The Balaban J connectivity index is 1.57. The first-order valence-corrected chi connectivity index (χ1v) is 9.71. The van der Waals surface area contributed by atoms with Gasteiger partial charge in [-0.2, -0.15) is 0 Å². The zero-order valence-corrected chi connectivity index (χ0v) is 15.8. The number of hydrogen-bond acceptors (Lipinski definition) is 5. The van der Waals surface area contributed by atoms with Crippen molar-refractivity contribution in [3.05, 3.63) is 53.1 Å². The number of ether oxygens (including phenoxy) is 1. The summed E-state index contributed by atoms with van der Waals surface area (Å²) in [6.07, 6.45) is 0.712. The molecule has 0 saturated heterocycles. The number of carbonyl (C=O) groups excluding carboxylic acids is 2. The van der Waals surface area contributed by atoms with E-state index in [1.165, 1.54) is 11.8 Å². The van der Waals surface area contributed by atoms with Gasteiger partial charge in [-0.15, -0.1) is 11.8 Å². The van der Waals surface area contributed by atoms with Crippen molar-refractivity contribution in [2.45, 2.75) is 29.5 Å². The van der Waals surface area contributed by atoms with Gasteiger partial charge in [0, 0.05) is 16.9 Å². The molecule has 0 fully saturated rings. The lowest BCUT2D eigenvalue weighted by Gasteiger charge is -2.22. The van der Waals surface area contributed by atoms with Crippen LogP contribution in [0.2, 0.25) is 0 Å². The number of anilines is 1. The molecule has 144 valence electrons. The molecule has 7 nitrogen and oxygen atoms in total. The molecule has 0 spiro atoms. The second-order valence-corrected chi connectivity index (χ2v) is 8.05. The Labute approximate surface area is 165 Å². The molecule has 2 aromatic rings. The third-order valence-electron chi connectivity index (χ3n) is 4.74. The lowest BCUT2D eigenvalue weighted by atomic mass is 10.0. The van der Waals surface area contributed by atoms with Crippen LogP contribution < -0.4 is 15.4 Å². The molecule has 0 aromatic heterocycles. The van der Waals surface area contributed by atoms with Gasteiger partial charge in [0.2, 0.25) is 5.91 Å². The van der Waals surface area contributed by atoms with Crippen LogP contribution in [-0.2, 0) is 16.0 Å². The molecule has 0 bridgehead atoms. The SMILES string of the molecule is CC1Sc2ccc(C(=O)NC(C(=O)O)c3ccc4c(c3)CCO4)cc2NC1=O. The van der Waals surface area contributed by atoms with Crippen LogP contribution in [0.25, 0.3) is 0 Å². The van der Waals surface area contributed by atoms with Gasteiger partial charge in [-0.1, -0.05) is 6.07 Å². The number of carboxylic acids is 1. The summed E-state index contributed by atoms with van der Waals surface area (Å²) in [5.41, 5.74) is 2.26. The minimum atomic E-state index is -1.18. The van der Waals surface area contributed by atoms with Crippen LogP contribution in [0.4, 0.5) is 5.69 Å². The summed E-state index contributed by atoms with van der Waals surface area (Å²) in [7, 11) is 0. The fourth-order valence-corrected chi connectivity index (χ4v) is 4.17. The molecule has 0 saturated carbocycles. The van der Waals surface area contributed by atoms with Crippen molar-refractivity contribution in [2.24, 2.45) is 0 Å². The Bertz CT molecular complexity index is 991. The van der Waals surface area contributed by atoms with E-state index in [2.05, 4.69) is 10.6 Å². The number of fused-ring (bicyclic) bond motifs is 2. The zero-order chi connectivity index (χ0) is 19.8. The minimum absolute atomic E-state index is 0.126. The number of carboxylic acid groups (broad SMARTS) is 1. The molecule has 2 heterocycles. The lowest BCUT2D eigenvalue weighted by Crippen LogP contribution is -2.34. The number of carbonyl (C=O) groups is 3. The zero-order valence-electron chi connectivity index (χ0n) is 15.0. The van der Waals surface area contributed by atoms with E-state index in [0.29, 0.717) is 24.3 Å². The van der Waals surface area contributed by atoms with Crippen molar-refractivity contribution in [1.82, 2.24) is 5.32 Å². The maximum atomic E-state index is 12.7. The van der Waals surface area contributed by atoms with Gasteiger partial charge in [-0.3, -0.25) is 9.59 Å². The molecule has 2 atom stereocenters.